The SMILES string of the molecule is CCOc1cc(/C=C2/NC(=O)N(C)C2=O)cc(Cl)c1OCc1cccc2ccccc12. The van der Waals surface area contributed by atoms with Crippen LogP contribution in [0.1, 0.15) is 18.1 Å². The summed E-state index contributed by atoms with van der Waals surface area (Å²) in [5.74, 6) is 0.486. The normalized spacial score (nSPS) is 14.9. The van der Waals surface area contributed by atoms with Crippen molar-refractivity contribution in [3.05, 3.63) is 76.4 Å². The number of amides is 3. The number of ether oxygens (including phenoxy) is 2. The van der Waals surface area contributed by atoms with E-state index in [1.165, 1.54) is 7.05 Å². The van der Waals surface area contributed by atoms with Gasteiger partial charge in [-0.05, 0) is 47.0 Å². The quantitative estimate of drug-likeness (QED) is 0.436. The first-order valence-corrected chi connectivity index (χ1v) is 10.2. The smallest absolute Gasteiger partial charge is 0.328 e. The Labute approximate surface area is 185 Å². The molecule has 7 heteroatoms. The van der Waals surface area contributed by atoms with Crippen LogP contribution in [-0.4, -0.2) is 30.5 Å². The van der Waals surface area contributed by atoms with E-state index in [2.05, 4.69) is 23.5 Å². The summed E-state index contributed by atoms with van der Waals surface area (Å²) in [7, 11) is 1.42. The topological polar surface area (TPSA) is 67.9 Å². The van der Waals surface area contributed by atoms with Crippen LogP contribution in [0.3, 0.4) is 0 Å². The molecule has 0 atom stereocenters. The summed E-state index contributed by atoms with van der Waals surface area (Å²) in [4.78, 5) is 24.8. The second kappa shape index (κ2) is 8.70. The first kappa shape index (κ1) is 20.8. The predicted octanol–water partition coefficient (Wildman–Crippen LogP) is 4.99. The van der Waals surface area contributed by atoms with Gasteiger partial charge in [0.25, 0.3) is 5.91 Å². The summed E-state index contributed by atoms with van der Waals surface area (Å²) in [5.41, 5.74) is 1.82. The van der Waals surface area contributed by atoms with Crippen molar-refractivity contribution in [3.8, 4) is 11.5 Å². The summed E-state index contributed by atoms with van der Waals surface area (Å²) in [6.45, 7) is 2.60. The fraction of sp³-hybridized carbons (Fsp3) is 0.167. The molecule has 3 aromatic carbocycles. The van der Waals surface area contributed by atoms with Gasteiger partial charge in [-0.15, -0.1) is 0 Å². The summed E-state index contributed by atoms with van der Waals surface area (Å²) < 4.78 is 11.8. The zero-order valence-electron chi connectivity index (χ0n) is 17.1. The number of nitrogens with one attached hydrogen (secondary N) is 1. The van der Waals surface area contributed by atoms with E-state index >= 15 is 0 Å². The van der Waals surface area contributed by atoms with E-state index in [1.807, 2.05) is 31.2 Å². The van der Waals surface area contributed by atoms with Gasteiger partial charge in [0.15, 0.2) is 11.5 Å². The third kappa shape index (κ3) is 4.20. The minimum Gasteiger partial charge on any atom is -0.490 e. The Morgan fingerprint density at radius 3 is 2.58 bits per heavy atom. The lowest BCUT2D eigenvalue weighted by atomic mass is 10.1. The molecule has 0 unspecified atom stereocenters. The first-order valence-electron chi connectivity index (χ1n) is 9.84. The van der Waals surface area contributed by atoms with Crippen molar-refractivity contribution >= 4 is 40.4 Å². The lowest BCUT2D eigenvalue weighted by Gasteiger charge is -2.15. The summed E-state index contributed by atoms with van der Waals surface area (Å²) in [6.07, 6.45) is 1.56. The van der Waals surface area contributed by atoms with Gasteiger partial charge >= 0.3 is 6.03 Å². The molecule has 1 N–H and O–H groups in total. The lowest BCUT2D eigenvalue weighted by Crippen LogP contribution is -2.25. The third-order valence-electron chi connectivity index (χ3n) is 4.98. The second-order valence-corrected chi connectivity index (χ2v) is 7.45. The third-order valence-corrected chi connectivity index (χ3v) is 5.26. The molecular formula is C24H21ClN2O4. The van der Waals surface area contributed by atoms with E-state index in [-0.39, 0.29) is 5.70 Å². The van der Waals surface area contributed by atoms with Crippen LogP contribution in [0, 0.1) is 0 Å². The van der Waals surface area contributed by atoms with Crippen LogP contribution in [0.4, 0.5) is 4.79 Å². The van der Waals surface area contributed by atoms with Crippen LogP contribution in [0.15, 0.2) is 60.3 Å². The first-order chi connectivity index (χ1) is 15.0. The van der Waals surface area contributed by atoms with Gasteiger partial charge in [-0.25, -0.2) is 4.79 Å². The van der Waals surface area contributed by atoms with Crippen molar-refractivity contribution in [1.82, 2.24) is 10.2 Å². The number of benzene rings is 3. The number of imide groups is 1. The average Bonchev–Trinajstić information content (AvgIpc) is 3.00. The average molecular weight is 437 g/mol. The highest BCUT2D eigenvalue weighted by Gasteiger charge is 2.30. The summed E-state index contributed by atoms with van der Waals surface area (Å²) >= 11 is 6.52. The zero-order chi connectivity index (χ0) is 22.0. The second-order valence-electron chi connectivity index (χ2n) is 7.04. The number of halogens is 1. The number of hydrogen-bond acceptors (Lipinski definition) is 4. The Kier molecular flexibility index (Phi) is 5.82. The maximum atomic E-state index is 12.1. The fourth-order valence-electron chi connectivity index (χ4n) is 3.43. The fourth-order valence-corrected chi connectivity index (χ4v) is 3.71. The molecule has 158 valence electrons. The Morgan fingerprint density at radius 1 is 1.06 bits per heavy atom. The number of nitrogens with zero attached hydrogens (tertiary/aromatic N) is 1. The van der Waals surface area contributed by atoms with E-state index in [1.54, 1.807) is 18.2 Å². The minimum atomic E-state index is -0.470. The molecule has 1 saturated heterocycles. The van der Waals surface area contributed by atoms with E-state index in [9.17, 15) is 9.59 Å². The van der Waals surface area contributed by atoms with Gasteiger partial charge < -0.3 is 14.8 Å². The Morgan fingerprint density at radius 2 is 1.84 bits per heavy atom. The number of fused-ring (bicyclic) bond motifs is 1. The number of urea groups is 1. The van der Waals surface area contributed by atoms with E-state index in [4.69, 9.17) is 21.1 Å². The molecule has 6 nitrogen and oxygen atoms in total. The van der Waals surface area contributed by atoms with Crippen molar-refractivity contribution in [1.29, 1.82) is 0 Å². The summed E-state index contributed by atoms with van der Waals surface area (Å²) in [6, 6.07) is 17.1. The Balaban J connectivity index is 1.64. The molecule has 31 heavy (non-hydrogen) atoms. The van der Waals surface area contributed by atoms with Gasteiger partial charge in [0, 0.05) is 7.05 Å². The van der Waals surface area contributed by atoms with Crippen LogP contribution >= 0.6 is 11.6 Å². The van der Waals surface area contributed by atoms with Gasteiger partial charge in [-0.3, -0.25) is 9.69 Å². The van der Waals surface area contributed by atoms with Crippen LogP contribution in [0.5, 0.6) is 11.5 Å². The summed E-state index contributed by atoms with van der Waals surface area (Å²) in [5, 5.41) is 5.13. The van der Waals surface area contributed by atoms with Crippen LogP contribution in [0.25, 0.3) is 16.8 Å². The van der Waals surface area contributed by atoms with E-state index in [0.29, 0.717) is 35.3 Å². The van der Waals surface area contributed by atoms with Gasteiger partial charge in [0.2, 0.25) is 0 Å². The molecule has 0 spiro atoms. The van der Waals surface area contributed by atoms with Crippen LogP contribution in [0.2, 0.25) is 5.02 Å². The molecule has 0 radical (unpaired) electrons. The van der Waals surface area contributed by atoms with Crippen molar-refractivity contribution < 1.29 is 19.1 Å². The number of likely N-dealkylation sites (N-methyl/N-ethyl adjacent to an activating group) is 1. The van der Waals surface area contributed by atoms with Crippen LogP contribution < -0.4 is 14.8 Å². The number of carbonyl (C=O) groups is 2. The molecule has 1 fully saturated rings. The molecule has 1 aliphatic heterocycles. The number of carbonyl (C=O) groups excluding carboxylic acids is 2. The van der Waals surface area contributed by atoms with Gasteiger partial charge in [0.05, 0.1) is 11.6 Å². The minimum absolute atomic E-state index is 0.176. The molecule has 3 aromatic rings. The highest BCUT2D eigenvalue weighted by atomic mass is 35.5. The van der Waals surface area contributed by atoms with Gasteiger partial charge in [-0.2, -0.15) is 0 Å². The zero-order valence-corrected chi connectivity index (χ0v) is 17.9. The maximum Gasteiger partial charge on any atom is 0.328 e. The predicted molar refractivity (Wildman–Crippen MR) is 120 cm³/mol. The molecule has 0 saturated carbocycles. The van der Waals surface area contributed by atoms with Gasteiger partial charge in [0.1, 0.15) is 12.3 Å². The van der Waals surface area contributed by atoms with Crippen LogP contribution in [-0.2, 0) is 11.4 Å². The van der Waals surface area contributed by atoms with E-state index < -0.39 is 11.9 Å². The number of rotatable bonds is 6. The molecule has 3 amide bonds. The van der Waals surface area contributed by atoms with Gasteiger partial charge in [-0.1, -0.05) is 54.1 Å². The highest BCUT2D eigenvalue weighted by Crippen LogP contribution is 2.38. The standard InChI is InChI=1S/C24H21ClN2O4/c1-3-30-21-13-15(12-20-23(28)27(2)24(29)26-20)11-19(25)22(21)31-14-17-9-6-8-16-7-4-5-10-18(16)17/h4-13H,3,14H2,1-2H3,(H,26,29)/b20-12+. The van der Waals surface area contributed by atoms with Crippen molar-refractivity contribution in [2.24, 2.45) is 0 Å². The number of hydrogen-bond donors (Lipinski definition) is 1. The Bertz CT molecular complexity index is 1200. The largest absolute Gasteiger partial charge is 0.490 e. The highest BCUT2D eigenvalue weighted by molar-refractivity contribution is 6.32. The monoisotopic (exact) mass is 436 g/mol. The molecule has 4 rings (SSSR count). The molecule has 0 aliphatic carbocycles. The molecular weight excluding hydrogens is 416 g/mol. The van der Waals surface area contributed by atoms with E-state index in [0.717, 1.165) is 21.2 Å². The Hall–Kier alpha value is -3.51. The molecule has 0 aromatic heterocycles. The van der Waals surface area contributed by atoms with Crippen molar-refractivity contribution in [3.63, 3.8) is 0 Å². The lowest BCUT2D eigenvalue weighted by molar-refractivity contribution is -0.121. The molecule has 0 bridgehead atoms. The molecule has 1 aliphatic rings. The van der Waals surface area contributed by atoms with Crippen molar-refractivity contribution in [2.45, 2.75) is 13.5 Å². The van der Waals surface area contributed by atoms with Crippen molar-refractivity contribution in [2.75, 3.05) is 13.7 Å². The maximum absolute atomic E-state index is 12.1. The molecule has 1 heterocycles.